The van der Waals surface area contributed by atoms with Crippen LogP contribution in [-0.4, -0.2) is 25.8 Å². The Bertz CT molecular complexity index is 598. The highest BCUT2D eigenvalue weighted by atomic mass is 35.5. The minimum atomic E-state index is -0.389. The van der Waals surface area contributed by atoms with Gasteiger partial charge >= 0.3 is 0 Å². The Morgan fingerprint density at radius 2 is 2.33 bits per heavy atom. The van der Waals surface area contributed by atoms with E-state index < -0.39 is 0 Å². The van der Waals surface area contributed by atoms with Crippen LogP contribution in [0.5, 0.6) is 0 Å². The van der Waals surface area contributed by atoms with E-state index in [0.717, 1.165) is 0 Å². The summed E-state index contributed by atoms with van der Waals surface area (Å²) in [7, 11) is 0. The lowest BCUT2D eigenvalue weighted by molar-refractivity contribution is 0.318. The third kappa shape index (κ3) is 2.57. The zero-order chi connectivity index (χ0) is 13.1. The number of benzene rings is 1. The van der Waals surface area contributed by atoms with Crippen molar-refractivity contribution >= 4 is 17.4 Å². The summed E-state index contributed by atoms with van der Waals surface area (Å²) < 4.78 is 14.8. The maximum Gasteiger partial charge on any atom is 0.219 e. The molecule has 0 saturated carbocycles. The standard InChI is InChI=1S/C10H9ClFN5O/c11-7-1-2-8(12)6(3-7)4-17-5-14-10(15-17)9(13)16-18/h1-3,5,18H,4H2,(H2,13,16). The van der Waals surface area contributed by atoms with Gasteiger partial charge < -0.3 is 10.9 Å². The Hall–Kier alpha value is -2.15. The van der Waals surface area contributed by atoms with Gasteiger partial charge in [-0.2, -0.15) is 0 Å². The molecule has 94 valence electrons. The molecule has 0 unspecified atom stereocenters. The first kappa shape index (κ1) is 12.3. The number of rotatable bonds is 3. The average Bonchev–Trinajstić information content (AvgIpc) is 2.81. The second-order valence-corrected chi connectivity index (χ2v) is 3.92. The molecule has 8 heteroatoms. The summed E-state index contributed by atoms with van der Waals surface area (Å²) in [5, 5.41) is 15.6. The molecule has 0 amide bonds. The second kappa shape index (κ2) is 5.01. The van der Waals surface area contributed by atoms with E-state index in [2.05, 4.69) is 15.2 Å². The van der Waals surface area contributed by atoms with Crippen LogP contribution in [0.1, 0.15) is 11.4 Å². The minimum Gasteiger partial charge on any atom is -0.409 e. The average molecular weight is 270 g/mol. The zero-order valence-electron chi connectivity index (χ0n) is 9.09. The zero-order valence-corrected chi connectivity index (χ0v) is 9.84. The highest BCUT2D eigenvalue weighted by molar-refractivity contribution is 6.30. The normalized spacial score (nSPS) is 11.8. The first-order valence-electron chi connectivity index (χ1n) is 4.91. The molecule has 0 bridgehead atoms. The van der Waals surface area contributed by atoms with Crippen LogP contribution in [0, 0.1) is 5.82 Å². The fourth-order valence-corrected chi connectivity index (χ4v) is 1.57. The van der Waals surface area contributed by atoms with Crippen molar-refractivity contribution in [3.05, 3.63) is 46.8 Å². The minimum absolute atomic E-state index is 0.0694. The van der Waals surface area contributed by atoms with E-state index in [1.54, 1.807) is 0 Å². The van der Waals surface area contributed by atoms with Crippen molar-refractivity contribution in [2.24, 2.45) is 10.9 Å². The second-order valence-electron chi connectivity index (χ2n) is 3.49. The van der Waals surface area contributed by atoms with Gasteiger partial charge in [0, 0.05) is 10.6 Å². The van der Waals surface area contributed by atoms with Crippen LogP contribution in [0.3, 0.4) is 0 Å². The summed E-state index contributed by atoms with van der Waals surface area (Å²) in [6.45, 7) is 0.151. The number of amidine groups is 1. The molecule has 3 N–H and O–H groups in total. The van der Waals surface area contributed by atoms with Crippen LogP contribution >= 0.6 is 11.6 Å². The van der Waals surface area contributed by atoms with E-state index in [0.29, 0.717) is 10.6 Å². The number of hydrogen-bond donors (Lipinski definition) is 2. The molecule has 0 atom stereocenters. The molecule has 2 aromatic rings. The van der Waals surface area contributed by atoms with Gasteiger partial charge in [-0.3, -0.25) is 0 Å². The molecule has 1 heterocycles. The van der Waals surface area contributed by atoms with Gasteiger partial charge in [0.15, 0.2) is 0 Å². The van der Waals surface area contributed by atoms with Crippen molar-refractivity contribution in [2.75, 3.05) is 0 Å². The number of nitrogens with zero attached hydrogens (tertiary/aromatic N) is 4. The quantitative estimate of drug-likeness (QED) is 0.379. The predicted octanol–water partition coefficient (Wildman–Crippen LogP) is 1.21. The molecule has 0 spiro atoms. The van der Waals surface area contributed by atoms with Crippen LogP contribution < -0.4 is 5.73 Å². The van der Waals surface area contributed by atoms with Gasteiger partial charge in [-0.25, -0.2) is 14.1 Å². The van der Waals surface area contributed by atoms with Crippen LogP contribution in [0.15, 0.2) is 29.7 Å². The van der Waals surface area contributed by atoms with Crippen LogP contribution in [0.2, 0.25) is 5.02 Å². The molecular weight excluding hydrogens is 261 g/mol. The van der Waals surface area contributed by atoms with Gasteiger partial charge in [-0.1, -0.05) is 16.8 Å². The number of oxime groups is 1. The lowest BCUT2D eigenvalue weighted by Gasteiger charge is -2.03. The van der Waals surface area contributed by atoms with E-state index >= 15 is 0 Å². The summed E-state index contributed by atoms with van der Waals surface area (Å²) in [6.07, 6.45) is 1.35. The molecule has 6 nitrogen and oxygen atoms in total. The number of halogens is 2. The molecule has 1 aromatic heterocycles. The summed E-state index contributed by atoms with van der Waals surface area (Å²) in [6, 6.07) is 4.24. The Morgan fingerprint density at radius 3 is 3.06 bits per heavy atom. The topological polar surface area (TPSA) is 89.3 Å². The van der Waals surface area contributed by atoms with Crippen molar-refractivity contribution in [3.63, 3.8) is 0 Å². The number of hydrogen-bond acceptors (Lipinski definition) is 4. The smallest absolute Gasteiger partial charge is 0.219 e. The van der Waals surface area contributed by atoms with Gasteiger partial charge in [-0.05, 0) is 18.2 Å². The monoisotopic (exact) mass is 269 g/mol. The molecule has 0 aliphatic rings. The fraction of sp³-hybridized carbons (Fsp3) is 0.100. The fourth-order valence-electron chi connectivity index (χ4n) is 1.37. The third-order valence-corrected chi connectivity index (χ3v) is 2.45. The molecule has 0 fully saturated rings. The van der Waals surface area contributed by atoms with Crippen molar-refractivity contribution in [1.82, 2.24) is 14.8 Å². The number of nitrogens with two attached hydrogens (primary N) is 1. The van der Waals surface area contributed by atoms with Gasteiger partial charge in [0.25, 0.3) is 0 Å². The maximum atomic E-state index is 13.5. The third-order valence-electron chi connectivity index (χ3n) is 2.21. The lowest BCUT2D eigenvalue weighted by atomic mass is 10.2. The lowest BCUT2D eigenvalue weighted by Crippen LogP contribution is -2.15. The Morgan fingerprint density at radius 1 is 1.56 bits per heavy atom. The van der Waals surface area contributed by atoms with E-state index in [1.165, 1.54) is 29.2 Å². The summed E-state index contributed by atoms with van der Waals surface area (Å²) in [5.74, 6) is -0.527. The van der Waals surface area contributed by atoms with E-state index in [-0.39, 0.29) is 24.0 Å². The molecule has 0 radical (unpaired) electrons. The Labute approximate surface area is 106 Å². The van der Waals surface area contributed by atoms with Gasteiger partial charge in [-0.15, -0.1) is 5.10 Å². The van der Waals surface area contributed by atoms with Crippen molar-refractivity contribution in [2.45, 2.75) is 6.54 Å². The number of aromatic nitrogens is 3. The molecule has 18 heavy (non-hydrogen) atoms. The van der Waals surface area contributed by atoms with Crippen LogP contribution in [0.25, 0.3) is 0 Å². The van der Waals surface area contributed by atoms with Crippen molar-refractivity contribution < 1.29 is 9.60 Å². The molecule has 0 aliphatic heterocycles. The molecule has 0 saturated heterocycles. The van der Waals surface area contributed by atoms with E-state index in [1.807, 2.05) is 0 Å². The predicted molar refractivity (Wildman–Crippen MR) is 63.0 cm³/mol. The first-order valence-corrected chi connectivity index (χ1v) is 5.29. The van der Waals surface area contributed by atoms with Crippen LogP contribution in [-0.2, 0) is 6.54 Å². The van der Waals surface area contributed by atoms with Gasteiger partial charge in [0.2, 0.25) is 11.7 Å². The van der Waals surface area contributed by atoms with Crippen LogP contribution in [0.4, 0.5) is 4.39 Å². The maximum absolute atomic E-state index is 13.5. The SMILES string of the molecule is N/C(=N/O)c1ncn(Cc2cc(Cl)ccc2F)n1. The summed E-state index contributed by atoms with van der Waals surface area (Å²) >= 11 is 5.78. The van der Waals surface area contributed by atoms with Crippen molar-refractivity contribution in [3.8, 4) is 0 Å². The largest absolute Gasteiger partial charge is 0.409 e. The molecular formula is C10H9ClFN5O. The van der Waals surface area contributed by atoms with E-state index in [9.17, 15) is 4.39 Å². The Balaban J connectivity index is 2.24. The molecule has 1 aromatic carbocycles. The molecule has 2 rings (SSSR count). The summed E-state index contributed by atoms with van der Waals surface area (Å²) in [4.78, 5) is 3.82. The Kier molecular flexibility index (Phi) is 3.42. The first-order chi connectivity index (χ1) is 8.60. The molecule has 0 aliphatic carbocycles. The highest BCUT2D eigenvalue weighted by Crippen LogP contribution is 2.15. The van der Waals surface area contributed by atoms with Crippen molar-refractivity contribution in [1.29, 1.82) is 0 Å². The van der Waals surface area contributed by atoms with E-state index in [4.69, 9.17) is 22.5 Å². The highest BCUT2D eigenvalue weighted by Gasteiger charge is 2.08. The van der Waals surface area contributed by atoms with Gasteiger partial charge in [0.1, 0.15) is 12.1 Å². The summed E-state index contributed by atoms with van der Waals surface area (Å²) in [5.41, 5.74) is 5.70. The van der Waals surface area contributed by atoms with Gasteiger partial charge in [0.05, 0.1) is 6.54 Å².